The standard InChI is InChI=1S/C9H14N4O2/c10-2-1-3-12-8(14)7-13-5-4-11-6-9(13)15/h11H,1,3-7H2,(H,12,14). The van der Waals surface area contributed by atoms with Crippen LogP contribution in [0.1, 0.15) is 6.42 Å². The van der Waals surface area contributed by atoms with E-state index in [1.165, 1.54) is 4.90 Å². The lowest BCUT2D eigenvalue weighted by Crippen LogP contribution is -2.51. The Balaban J connectivity index is 2.24. The Morgan fingerprint density at radius 3 is 3.13 bits per heavy atom. The quantitative estimate of drug-likeness (QED) is 0.550. The van der Waals surface area contributed by atoms with Crippen molar-refractivity contribution < 1.29 is 9.59 Å². The van der Waals surface area contributed by atoms with Crippen molar-refractivity contribution in [2.75, 3.05) is 32.7 Å². The highest BCUT2D eigenvalue weighted by Crippen LogP contribution is 1.93. The zero-order valence-electron chi connectivity index (χ0n) is 8.45. The summed E-state index contributed by atoms with van der Waals surface area (Å²) < 4.78 is 0. The molecule has 0 aromatic rings. The molecule has 6 nitrogen and oxygen atoms in total. The van der Waals surface area contributed by atoms with Crippen molar-refractivity contribution in [2.24, 2.45) is 0 Å². The van der Waals surface area contributed by atoms with Crippen molar-refractivity contribution in [2.45, 2.75) is 6.42 Å². The number of nitrogens with zero attached hydrogens (tertiary/aromatic N) is 2. The van der Waals surface area contributed by atoms with E-state index in [2.05, 4.69) is 10.6 Å². The maximum Gasteiger partial charge on any atom is 0.239 e. The fraction of sp³-hybridized carbons (Fsp3) is 0.667. The maximum absolute atomic E-state index is 11.3. The number of carbonyl (C=O) groups is 2. The van der Waals surface area contributed by atoms with Gasteiger partial charge in [-0.25, -0.2) is 0 Å². The van der Waals surface area contributed by atoms with Crippen LogP contribution in [-0.4, -0.2) is 49.4 Å². The van der Waals surface area contributed by atoms with Crippen LogP contribution in [0.5, 0.6) is 0 Å². The molecule has 1 rings (SSSR count). The predicted octanol–water partition coefficient (Wildman–Crippen LogP) is -1.55. The van der Waals surface area contributed by atoms with Crippen LogP contribution in [0.4, 0.5) is 0 Å². The lowest BCUT2D eigenvalue weighted by Gasteiger charge is -2.26. The zero-order valence-corrected chi connectivity index (χ0v) is 8.45. The monoisotopic (exact) mass is 210 g/mol. The molecule has 0 atom stereocenters. The highest BCUT2D eigenvalue weighted by atomic mass is 16.2. The number of carbonyl (C=O) groups excluding carboxylic acids is 2. The van der Waals surface area contributed by atoms with E-state index >= 15 is 0 Å². The van der Waals surface area contributed by atoms with E-state index in [1.807, 2.05) is 6.07 Å². The summed E-state index contributed by atoms with van der Waals surface area (Å²) in [7, 11) is 0. The number of rotatable bonds is 4. The molecule has 0 aromatic carbocycles. The molecule has 0 saturated carbocycles. The van der Waals surface area contributed by atoms with Crippen LogP contribution >= 0.6 is 0 Å². The average Bonchev–Trinajstić information content (AvgIpc) is 2.22. The predicted molar refractivity (Wildman–Crippen MR) is 52.7 cm³/mol. The van der Waals surface area contributed by atoms with Gasteiger partial charge in [0, 0.05) is 19.6 Å². The van der Waals surface area contributed by atoms with Gasteiger partial charge in [-0.2, -0.15) is 5.26 Å². The van der Waals surface area contributed by atoms with Crippen LogP contribution in [0.3, 0.4) is 0 Å². The molecule has 0 bridgehead atoms. The summed E-state index contributed by atoms with van der Waals surface area (Å²) >= 11 is 0. The number of nitrogens with one attached hydrogen (secondary N) is 2. The summed E-state index contributed by atoms with van der Waals surface area (Å²) in [5.74, 6) is -0.266. The molecule has 0 unspecified atom stereocenters. The van der Waals surface area contributed by atoms with Gasteiger partial charge in [0.1, 0.15) is 0 Å². The largest absolute Gasteiger partial charge is 0.354 e. The average molecular weight is 210 g/mol. The summed E-state index contributed by atoms with van der Waals surface area (Å²) in [6, 6.07) is 1.93. The van der Waals surface area contributed by atoms with Gasteiger partial charge in [0.15, 0.2) is 0 Å². The van der Waals surface area contributed by atoms with E-state index in [-0.39, 0.29) is 18.4 Å². The molecule has 0 spiro atoms. The minimum absolute atomic E-state index is 0.0586. The molecule has 1 aliphatic rings. The van der Waals surface area contributed by atoms with E-state index in [9.17, 15) is 9.59 Å². The molecular weight excluding hydrogens is 196 g/mol. The maximum atomic E-state index is 11.3. The third-order valence-electron chi connectivity index (χ3n) is 2.08. The van der Waals surface area contributed by atoms with Crippen molar-refractivity contribution in [3.63, 3.8) is 0 Å². The summed E-state index contributed by atoms with van der Waals surface area (Å²) in [4.78, 5) is 24.1. The number of amides is 2. The second kappa shape index (κ2) is 5.98. The smallest absolute Gasteiger partial charge is 0.239 e. The molecule has 15 heavy (non-hydrogen) atoms. The van der Waals surface area contributed by atoms with Crippen LogP contribution < -0.4 is 10.6 Å². The molecule has 0 aromatic heterocycles. The zero-order chi connectivity index (χ0) is 11.1. The number of hydrogen-bond acceptors (Lipinski definition) is 4. The minimum Gasteiger partial charge on any atom is -0.354 e. The molecule has 0 radical (unpaired) electrons. The molecular formula is C9H14N4O2. The topological polar surface area (TPSA) is 85.2 Å². The van der Waals surface area contributed by atoms with E-state index in [0.717, 1.165) is 6.54 Å². The summed E-state index contributed by atoms with van der Waals surface area (Å²) in [6.07, 6.45) is 0.293. The normalized spacial score (nSPS) is 15.9. The highest BCUT2D eigenvalue weighted by Gasteiger charge is 2.19. The molecule has 1 saturated heterocycles. The van der Waals surface area contributed by atoms with Gasteiger partial charge in [-0.3, -0.25) is 9.59 Å². The van der Waals surface area contributed by atoms with Crippen molar-refractivity contribution in [1.82, 2.24) is 15.5 Å². The second-order valence-corrected chi connectivity index (χ2v) is 3.25. The van der Waals surface area contributed by atoms with E-state index in [0.29, 0.717) is 26.1 Å². The fourth-order valence-corrected chi connectivity index (χ4v) is 1.30. The first-order valence-electron chi connectivity index (χ1n) is 4.86. The van der Waals surface area contributed by atoms with Gasteiger partial charge in [0.05, 0.1) is 25.6 Å². The van der Waals surface area contributed by atoms with E-state index in [4.69, 9.17) is 5.26 Å². The first kappa shape index (κ1) is 11.5. The third-order valence-corrected chi connectivity index (χ3v) is 2.08. The number of piperazine rings is 1. The Kier molecular flexibility index (Phi) is 4.57. The van der Waals surface area contributed by atoms with Crippen molar-refractivity contribution >= 4 is 11.8 Å². The Hall–Kier alpha value is -1.61. The summed E-state index contributed by atoms with van der Waals surface area (Å²) in [5, 5.41) is 13.8. The van der Waals surface area contributed by atoms with Crippen LogP contribution in [-0.2, 0) is 9.59 Å². The molecule has 0 aliphatic carbocycles. The molecule has 1 aliphatic heterocycles. The van der Waals surface area contributed by atoms with Crippen LogP contribution in [0.25, 0.3) is 0 Å². The highest BCUT2D eigenvalue weighted by molar-refractivity contribution is 5.86. The molecule has 2 amide bonds. The second-order valence-electron chi connectivity index (χ2n) is 3.25. The number of nitriles is 1. The van der Waals surface area contributed by atoms with Crippen molar-refractivity contribution in [1.29, 1.82) is 5.26 Å². The molecule has 1 fully saturated rings. The number of hydrogen-bond donors (Lipinski definition) is 2. The van der Waals surface area contributed by atoms with Gasteiger partial charge in [0.2, 0.25) is 11.8 Å². The summed E-state index contributed by atoms with van der Waals surface area (Å²) in [6.45, 7) is 2.01. The Morgan fingerprint density at radius 1 is 1.67 bits per heavy atom. The van der Waals surface area contributed by atoms with Crippen LogP contribution in [0.2, 0.25) is 0 Å². The van der Waals surface area contributed by atoms with Gasteiger partial charge in [0.25, 0.3) is 0 Å². The lowest BCUT2D eigenvalue weighted by atomic mass is 10.3. The minimum atomic E-state index is -0.208. The SMILES string of the molecule is N#CCCNC(=O)CN1CCNCC1=O. The van der Waals surface area contributed by atoms with Crippen LogP contribution in [0, 0.1) is 11.3 Å². The van der Waals surface area contributed by atoms with E-state index in [1.54, 1.807) is 0 Å². The molecule has 2 N–H and O–H groups in total. The van der Waals surface area contributed by atoms with Gasteiger partial charge < -0.3 is 15.5 Å². The molecule has 1 heterocycles. The van der Waals surface area contributed by atoms with Crippen molar-refractivity contribution in [3.8, 4) is 6.07 Å². The van der Waals surface area contributed by atoms with Gasteiger partial charge in [-0.1, -0.05) is 0 Å². The first-order chi connectivity index (χ1) is 7.24. The third kappa shape index (κ3) is 3.95. The molecule has 6 heteroatoms. The van der Waals surface area contributed by atoms with Gasteiger partial charge in [-0.05, 0) is 0 Å². The van der Waals surface area contributed by atoms with Gasteiger partial charge in [-0.15, -0.1) is 0 Å². The summed E-state index contributed by atoms with van der Waals surface area (Å²) in [5.41, 5.74) is 0. The molecule has 82 valence electrons. The fourth-order valence-electron chi connectivity index (χ4n) is 1.30. The Bertz CT molecular complexity index is 284. The lowest BCUT2D eigenvalue weighted by molar-refractivity contribution is -0.136. The van der Waals surface area contributed by atoms with Crippen molar-refractivity contribution in [3.05, 3.63) is 0 Å². The van der Waals surface area contributed by atoms with Gasteiger partial charge >= 0.3 is 0 Å². The first-order valence-corrected chi connectivity index (χ1v) is 4.86. The van der Waals surface area contributed by atoms with Crippen LogP contribution in [0.15, 0.2) is 0 Å². The Labute approximate surface area is 88.2 Å². The Morgan fingerprint density at radius 2 is 2.47 bits per heavy atom. The van der Waals surface area contributed by atoms with E-state index < -0.39 is 0 Å².